The first-order chi connectivity index (χ1) is 22.5. The Labute approximate surface area is 273 Å². The number of cyclic esters (lactones) is 1. The molecule has 2 N–H and O–H groups in total. The van der Waals surface area contributed by atoms with Crippen LogP contribution in [0.25, 0.3) is 11.3 Å². The number of ether oxygens (including phenoxy) is 4. The Hall–Kier alpha value is -4.91. The van der Waals surface area contributed by atoms with Crippen LogP contribution in [-0.2, 0) is 20.8 Å². The summed E-state index contributed by atoms with van der Waals surface area (Å²) in [5.41, 5.74) is 2.29. The molecule has 0 bridgehead atoms. The molecule has 0 radical (unpaired) electrons. The molecule has 248 valence electrons. The molecule has 13 heteroatoms. The maximum atomic E-state index is 12.6. The highest BCUT2D eigenvalue weighted by atomic mass is 16.6. The van der Waals surface area contributed by atoms with Crippen molar-refractivity contribution < 1.29 is 33.3 Å². The van der Waals surface area contributed by atoms with Gasteiger partial charge in [0.05, 0.1) is 18.8 Å². The number of anilines is 2. The summed E-state index contributed by atoms with van der Waals surface area (Å²) in [6, 6.07) is 17.2. The van der Waals surface area contributed by atoms with Crippen molar-refractivity contribution in [3.8, 4) is 22.9 Å². The fourth-order valence-electron chi connectivity index (χ4n) is 5.66. The minimum absolute atomic E-state index is 0.0586. The van der Waals surface area contributed by atoms with Crippen LogP contribution in [0.2, 0.25) is 0 Å². The fraction of sp³-hybridized carbons (Fsp3) is 0.441. The topological polar surface area (TPSA) is 144 Å². The molecule has 5 heterocycles. The number of aromatic nitrogens is 2. The molecule has 2 aromatic heterocycles. The molecule has 2 unspecified atom stereocenters. The molecule has 0 aliphatic carbocycles. The average Bonchev–Trinajstić information content (AvgIpc) is 3.59. The van der Waals surface area contributed by atoms with Crippen LogP contribution in [-0.4, -0.2) is 83.6 Å². The number of fused-ring (bicyclic) bond motifs is 1. The lowest BCUT2D eigenvalue weighted by molar-refractivity contribution is -0.118. The molecule has 2 saturated heterocycles. The first-order valence-corrected chi connectivity index (χ1v) is 15.8. The van der Waals surface area contributed by atoms with Gasteiger partial charge in [0.1, 0.15) is 23.6 Å². The summed E-state index contributed by atoms with van der Waals surface area (Å²) < 4.78 is 22.7. The molecule has 3 aliphatic rings. The van der Waals surface area contributed by atoms with E-state index in [0.29, 0.717) is 62.4 Å². The standard InChI is InChI=1S/C34H40N6O7/c1-21-17-39(32(42)47-34(2,3)4)19-27(21)46-30-10-6-9-25(36-30)23-8-5-7-22(15-23)16-35-14-13-24-18-40(33(43)45-24)28-12-11-26-31(37-28)38-29(41)20-44-26/h5-12,15,21,24,27,35H,13-14,16-20H2,1-4H3,(H,37,38,41)/t21?,24-,27?/m0/s1. The first kappa shape index (κ1) is 32.0. The number of nitrogens with one attached hydrogen (secondary N) is 2. The van der Waals surface area contributed by atoms with E-state index < -0.39 is 11.7 Å². The van der Waals surface area contributed by atoms with Gasteiger partial charge in [0.15, 0.2) is 18.2 Å². The van der Waals surface area contributed by atoms with Gasteiger partial charge in [-0.15, -0.1) is 0 Å². The molecule has 13 nitrogen and oxygen atoms in total. The van der Waals surface area contributed by atoms with Crippen molar-refractivity contribution in [2.24, 2.45) is 5.92 Å². The van der Waals surface area contributed by atoms with Crippen LogP contribution in [0.5, 0.6) is 11.6 Å². The minimum Gasteiger partial charge on any atom is -0.480 e. The van der Waals surface area contributed by atoms with Crippen molar-refractivity contribution in [1.29, 1.82) is 0 Å². The van der Waals surface area contributed by atoms with E-state index in [2.05, 4.69) is 28.6 Å². The van der Waals surface area contributed by atoms with Crippen molar-refractivity contribution >= 4 is 29.7 Å². The minimum atomic E-state index is -0.549. The van der Waals surface area contributed by atoms with Gasteiger partial charge in [0.25, 0.3) is 5.91 Å². The third-order valence-corrected chi connectivity index (χ3v) is 8.00. The molecule has 3 aliphatic heterocycles. The first-order valence-electron chi connectivity index (χ1n) is 15.8. The summed E-state index contributed by atoms with van der Waals surface area (Å²) in [7, 11) is 0. The second kappa shape index (κ2) is 13.4. The molecule has 3 amide bonds. The van der Waals surface area contributed by atoms with Crippen molar-refractivity contribution in [1.82, 2.24) is 20.2 Å². The van der Waals surface area contributed by atoms with E-state index in [1.807, 2.05) is 57.2 Å². The van der Waals surface area contributed by atoms with Gasteiger partial charge in [-0.25, -0.2) is 19.6 Å². The fourth-order valence-corrected chi connectivity index (χ4v) is 5.66. The number of hydrogen-bond donors (Lipinski definition) is 2. The van der Waals surface area contributed by atoms with Gasteiger partial charge < -0.3 is 34.5 Å². The van der Waals surface area contributed by atoms with Crippen LogP contribution in [0.3, 0.4) is 0 Å². The number of amides is 3. The van der Waals surface area contributed by atoms with Gasteiger partial charge in [-0.3, -0.25) is 9.69 Å². The molecule has 1 aromatic carbocycles. The number of hydrogen-bond acceptors (Lipinski definition) is 10. The molecular weight excluding hydrogens is 604 g/mol. The zero-order chi connectivity index (χ0) is 33.1. The number of nitrogens with zero attached hydrogens (tertiary/aromatic N) is 4. The predicted octanol–water partition coefficient (Wildman–Crippen LogP) is 4.61. The smallest absolute Gasteiger partial charge is 0.415 e. The number of rotatable bonds is 9. The Balaban J connectivity index is 0.989. The second-order valence-corrected chi connectivity index (χ2v) is 13.0. The Morgan fingerprint density at radius 1 is 1.06 bits per heavy atom. The van der Waals surface area contributed by atoms with Gasteiger partial charge >= 0.3 is 12.2 Å². The van der Waals surface area contributed by atoms with Crippen LogP contribution < -0.4 is 25.0 Å². The third kappa shape index (κ3) is 7.91. The largest absolute Gasteiger partial charge is 0.480 e. The van der Waals surface area contributed by atoms with E-state index in [9.17, 15) is 14.4 Å². The van der Waals surface area contributed by atoms with Crippen molar-refractivity contribution in [2.45, 2.75) is 58.5 Å². The molecule has 0 spiro atoms. The lowest BCUT2D eigenvalue weighted by Crippen LogP contribution is -2.36. The normalized spacial score (nSPS) is 20.7. The van der Waals surface area contributed by atoms with E-state index in [1.165, 1.54) is 4.90 Å². The maximum absolute atomic E-state index is 12.6. The number of benzene rings is 1. The van der Waals surface area contributed by atoms with E-state index in [1.54, 1.807) is 17.0 Å². The van der Waals surface area contributed by atoms with E-state index >= 15 is 0 Å². The van der Waals surface area contributed by atoms with Crippen LogP contribution >= 0.6 is 0 Å². The van der Waals surface area contributed by atoms with Gasteiger partial charge in [-0.1, -0.05) is 31.2 Å². The third-order valence-electron chi connectivity index (χ3n) is 8.00. The number of pyridine rings is 2. The van der Waals surface area contributed by atoms with Gasteiger partial charge in [0, 0.05) is 30.6 Å². The number of likely N-dealkylation sites (tertiary alicyclic amines) is 1. The highest BCUT2D eigenvalue weighted by Gasteiger charge is 2.37. The lowest BCUT2D eigenvalue weighted by Gasteiger charge is -2.24. The SMILES string of the molecule is CC1CN(C(=O)OC(C)(C)C)CC1Oc1cccc(-c2cccc(CNCC[C@H]3CN(c4ccc5c(n4)NC(=O)CO5)C(=O)O3)c2)n1. The van der Waals surface area contributed by atoms with Gasteiger partial charge in [-0.2, -0.15) is 0 Å². The molecule has 0 saturated carbocycles. The number of carbonyl (C=O) groups is 3. The monoisotopic (exact) mass is 644 g/mol. The van der Waals surface area contributed by atoms with E-state index in [-0.39, 0.29) is 36.7 Å². The van der Waals surface area contributed by atoms with Crippen LogP contribution in [0.15, 0.2) is 54.6 Å². The summed E-state index contributed by atoms with van der Waals surface area (Å²) >= 11 is 0. The number of carbonyl (C=O) groups excluding carboxylic acids is 3. The molecular formula is C34H40N6O7. The highest BCUT2D eigenvalue weighted by molar-refractivity contribution is 5.95. The molecule has 3 aromatic rings. The zero-order valence-electron chi connectivity index (χ0n) is 27.0. The van der Waals surface area contributed by atoms with Crippen molar-refractivity contribution in [2.75, 3.05) is 43.0 Å². The van der Waals surface area contributed by atoms with Crippen molar-refractivity contribution in [3.05, 3.63) is 60.2 Å². The zero-order valence-corrected chi connectivity index (χ0v) is 27.0. The molecule has 47 heavy (non-hydrogen) atoms. The second-order valence-electron chi connectivity index (χ2n) is 13.0. The Bertz CT molecular complexity index is 1640. The molecule has 3 atom stereocenters. The van der Waals surface area contributed by atoms with Crippen LogP contribution in [0, 0.1) is 5.92 Å². The highest BCUT2D eigenvalue weighted by Crippen LogP contribution is 2.31. The van der Waals surface area contributed by atoms with Crippen molar-refractivity contribution in [3.63, 3.8) is 0 Å². The molecule has 6 rings (SSSR count). The van der Waals surface area contributed by atoms with E-state index in [0.717, 1.165) is 16.8 Å². The van der Waals surface area contributed by atoms with Gasteiger partial charge in [-0.05, 0) is 63.6 Å². The average molecular weight is 645 g/mol. The summed E-state index contributed by atoms with van der Waals surface area (Å²) in [5, 5.41) is 6.10. The predicted molar refractivity (Wildman–Crippen MR) is 173 cm³/mol. The van der Waals surface area contributed by atoms with E-state index in [4.69, 9.17) is 23.9 Å². The quantitative estimate of drug-likeness (QED) is 0.317. The van der Waals surface area contributed by atoms with Crippen LogP contribution in [0.1, 0.15) is 39.7 Å². The summed E-state index contributed by atoms with van der Waals surface area (Å²) in [4.78, 5) is 49.0. The summed E-state index contributed by atoms with van der Waals surface area (Å²) in [6.45, 7) is 10.2. The Morgan fingerprint density at radius 2 is 1.89 bits per heavy atom. The Kier molecular flexibility index (Phi) is 9.17. The lowest BCUT2D eigenvalue weighted by atomic mass is 10.1. The van der Waals surface area contributed by atoms with Crippen LogP contribution in [0.4, 0.5) is 21.2 Å². The van der Waals surface area contributed by atoms with Gasteiger partial charge in [0.2, 0.25) is 5.88 Å². The molecule has 2 fully saturated rings. The Morgan fingerprint density at radius 3 is 2.72 bits per heavy atom. The maximum Gasteiger partial charge on any atom is 0.415 e. The summed E-state index contributed by atoms with van der Waals surface area (Å²) in [6.07, 6.45) is -0.656. The summed E-state index contributed by atoms with van der Waals surface area (Å²) in [5.74, 6) is 1.52.